The van der Waals surface area contributed by atoms with E-state index in [0.717, 1.165) is 45.9 Å². The minimum atomic E-state index is 0.903. The van der Waals surface area contributed by atoms with E-state index in [0.29, 0.717) is 0 Å². The van der Waals surface area contributed by atoms with Crippen molar-refractivity contribution in [2.75, 3.05) is 0 Å². The van der Waals surface area contributed by atoms with Crippen molar-refractivity contribution < 1.29 is 0 Å². The molecule has 7 aromatic rings. The number of aromatic nitrogens is 4. The minimum absolute atomic E-state index is 0.903. The maximum atomic E-state index is 5.04. The zero-order valence-electron chi connectivity index (χ0n) is 18.8. The lowest BCUT2D eigenvalue weighted by atomic mass is 9.93. The Labute approximate surface area is 200 Å². The minimum Gasteiger partial charge on any atom is -0.290 e. The molecule has 0 spiro atoms. The molecular formula is C31H18N4. The van der Waals surface area contributed by atoms with E-state index in [2.05, 4.69) is 64.0 Å². The Kier molecular flexibility index (Phi) is 3.11. The van der Waals surface area contributed by atoms with Gasteiger partial charge in [0.2, 0.25) is 0 Å². The fourth-order valence-electron chi connectivity index (χ4n) is 6.57. The van der Waals surface area contributed by atoms with Gasteiger partial charge in [-0.15, -0.1) is 0 Å². The summed E-state index contributed by atoms with van der Waals surface area (Å²) in [7, 11) is 0. The van der Waals surface area contributed by atoms with E-state index in [9.17, 15) is 0 Å². The van der Waals surface area contributed by atoms with E-state index in [4.69, 9.17) is 9.97 Å². The van der Waals surface area contributed by atoms with Crippen molar-refractivity contribution in [3.05, 3.63) is 108 Å². The fraction of sp³-hybridized carbons (Fsp3) is 0.0645. The Bertz CT molecular complexity index is 2070. The van der Waals surface area contributed by atoms with Gasteiger partial charge in [-0.25, -0.2) is 4.98 Å². The number of imidazole rings is 1. The van der Waals surface area contributed by atoms with Crippen LogP contribution in [0.1, 0.15) is 22.3 Å². The van der Waals surface area contributed by atoms with Crippen LogP contribution in [0.3, 0.4) is 0 Å². The van der Waals surface area contributed by atoms with Gasteiger partial charge in [-0.1, -0.05) is 48.5 Å². The van der Waals surface area contributed by atoms with Crippen molar-refractivity contribution in [1.82, 2.24) is 19.4 Å². The van der Waals surface area contributed by atoms with E-state index in [-0.39, 0.29) is 0 Å². The third-order valence-corrected chi connectivity index (χ3v) is 7.96. The van der Waals surface area contributed by atoms with Crippen LogP contribution in [-0.2, 0) is 12.8 Å². The standard InChI is InChI=1S/C31H18N4/c1-2-5-20-17(4-1)14-18-7-9-21-23(27(18)20)15-19-8-10-22-29(28(19)21)30-26(6-3-12-33-30)35-25-11-13-32-16-24(25)34-31(22)35/h1-13,16H,14-15H2. The van der Waals surface area contributed by atoms with Crippen molar-refractivity contribution >= 4 is 38.5 Å². The van der Waals surface area contributed by atoms with Gasteiger partial charge in [0.25, 0.3) is 0 Å². The molecule has 0 bridgehead atoms. The first-order valence-corrected chi connectivity index (χ1v) is 12.0. The summed E-state index contributed by atoms with van der Waals surface area (Å²) in [5.41, 5.74) is 16.2. The topological polar surface area (TPSA) is 43.1 Å². The van der Waals surface area contributed by atoms with E-state index in [1.165, 1.54) is 49.9 Å². The van der Waals surface area contributed by atoms with Gasteiger partial charge in [0.1, 0.15) is 11.2 Å². The summed E-state index contributed by atoms with van der Waals surface area (Å²) in [5.74, 6) is 0. The second kappa shape index (κ2) is 6.10. The van der Waals surface area contributed by atoms with Gasteiger partial charge >= 0.3 is 0 Å². The molecule has 0 saturated heterocycles. The van der Waals surface area contributed by atoms with Crippen LogP contribution in [0.5, 0.6) is 0 Å². The molecular weight excluding hydrogens is 428 g/mol. The summed E-state index contributed by atoms with van der Waals surface area (Å²) in [6.45, 7) is 0. The molecule has 0 unspecified atom stereocenters. The second-order valence-corrected chi connectivity index (χ2v) is 9.67. The highest BCUT2D eigenvalue weighted by Gasteiger charge is 2.30. The molecule has 0 amide bonds. The molecule has 0 fully saturated rings. The molecule has 162 valence electrons. The van der Waals surface area contributed by atoms with Gasteiger partial charge < -0.3 is 0 Å². The summed E-state index contributed by atoms with van der Waals surface area (Å²) in [6, 6.07) is 24.3. The Morgan fingerprint density at radius 3 is 2.60 bits per heavy atom. The number of fused-ring (bicyclic) bond motifs is 16. The van der Waals surface area contributed by atoms with Gasteiger partial charge in [-0.2, -0.15) is 0 Å². The molecule has 4 heteroatoms. The second-order valence-electron chi connectivity index (χ2n) is 9.67. The molecule has 0 radical (unpaired) electrons. The summed E-state index contributed by atoms with van der Waals surface area (Å²) in [6.07, 6.45) is 7.57. The smallest absolute Gasteiger partial charge is 0.146 e. The van der Waals surface area contributed by atoms with E-state index >= 15 is 0 Å². The van der Waals surface area contributed by atoms with Crippen molar-refractivity contribution in [1.29, 1.82) is 0 Å². The number of nitrogens with zero attached hydrogens (tertiary/aromatic N) is 4. The van der Waals surface area contributed by atoms with Gasteiger partial charge in [-0.05, 0) is 75.5 Å². The van der Waals surface area contributed by atoms with Gasteiger partial charge in [-0.3, -0.25) is 14.4 Å². The molecule has 2 aliphatic rings. The van der Waals surface area contributed by atoms with Crippen LogP contribution in [0, 0.1) is 0 Å². The zero-order chi connectivity index (χ0) is 22.7. The molecule has 0 aliphatic heterocycles. The largest absolute Gasteiger partial charge is 0.290 e. The Morgan fingerprint density at radius 1 is 0.686 bits per heavy atom. The molecule has 0 atom stereocenters. The monoisotopic (exact) mass is 446 g/mol. The number of benzene rings is 3. The summed E-state index contributed by atoms with van der Waals surface area (Å²) in [4.78, 5) is 14.3. The molecule has 3 aromatic carbocycles. The third-order valence-electron chi connectivity index (χ3n) is 7.96. The van der Waals surface area contributed by atoms with Crippen molar-refractivity contribution in [3.63, 3.8) is 0 Å². The van der Waals surface area contributed by atoms with Crippen LogP contribution in [0.25, 0.3) is 60.7 Å². The fourth-order valence-corrected chi connectivity index (χ4v) is 6.57. The Balaban J connectivity index is 1.47. The Morgan fingerprint density at radius 2 is 1.60 bits per heavy atom. The highest BCUT2D eigenvalue weighted by atomic mass is 15.0. The zero-order valence-corrected chi connectivity index (χ0v) is 18.8. The maximum Gasteiger partial charge on any atom is 0.146 e. The lowest BCUT2D eigenvalue weighted by Gasteiger charge is -2.13. The van der Waals surface area contributed by atoms with Crippen molar-refractivity contribution in [2.24, 2.45) is 0 Å². The number of rotatable bonds is 0. The average molecular weight is 447 g/mol. The quantitative estimate of drug-likeness (QED) is 0.243. The molecule has 0 saturated carbocycles. The van der Waals surface area contributed by atoms with E-state index < -0.39 is 0 Å². The summed E-state index contributed by atoms with van der Waals surface area (Å²) >= 11 is 0. The average Bonchev–Trinajstić information content (AvgIpc) is 3.59. The lowest BCUT2D eigenvalue weighted by Crippen LogP contribution is -1.95. The van der Waals surface area contributed by atoms with Crippen LogP contribution in [-0.4, -0.2) is 19.4 Å². The van der Waals surface area contributed by atoms with E-state index in [1.54, 1.807) is 0 Å². The molecule has 35 heavy (non-hydrogen) atoms. The summed E-state index contributed by atoms with van der Waals surface area (Å²) < 4.78 is 2.24. The predicted molar refractivity (Wildman–Crippen MR) is 140 cm³/mol. The molecule has 4 nitrogen and oxygen atoms in total. The first kappa shape index (κ1) is 17.8. The van der Waals surface area contributed by atoms with E-state index in [1.807, 2.05) is 30.7 Å². The van der Waals surface area contributed by atoms with Crippen molar-refractivity contribution in [3.8, 4) is 22.3 Å². The van der Waals surface area contributed by atoms with Gasteiger partial charge in [0.15, 0.2) is 0 Å². The SMILES string of the molecule is c1ccc2c(c1)Cc1ccc3c(c1-2)Cc1ccc2c(c1-3)c1ncccc1n1c3ccncc3nc21. The summed E-state index contributed by atoms with van der Waals surface area (Å²) in [5, 5.41) is 2.35. The number of hydrogen-bond acceptors (Lipinski definition) is 3. The highest BCUT2D eigenvalue weighted by molar-refractivity contribution is 6.19. The highest BCUT2D eigenvalue weighted by Crippen LogP contribution is 2.50. The van der Waals surface area contributed by atoms with Crippen LogP contribution in [0.15, 0.2) is 85.3 Å². The van der Waals surface area contributed by atoms with Crippen LogP contribution < -0.4 is 0 Å². The third kappa shape index (κ3) is 2.11. The van der Waals surface area contributed by atoms with Gasteiger partial charge in [0, 0.05) is 23.2 Å². The predicted octanol–water partition coefficient (Wildman–Crippen LogP) is 6.73. The van der Waals surface area contributed by atoms with Crippen molar-refractivity contribution in [2.45, 2.75) is 12.8 Å². The molecule has 4 heterocycles. The lowest BCUT2D eigenvalue weighted by molar-refractivity contribution is 1.23. The molecule has 4 aromatic heterocycles. The molecule has 0 N–H and O–H groups in total. The van der Waals surface area contributed by atoms with Crippen LogP contribution >= 0.6 is 0 Å². The number of pyridine rings is 3. The molecule has 9 rings (SSSR count). The van der Waals surface area contributed by atoms with Gasteiger partial charge in [0.05, 0.1) is 22.7 Å². The van der Waals surface area contributed by atoms with Crippen LogP contribution in [0.4, 0.5) is 0 Å². The Hall–Kier alpha value is -4.57. The van der Waals surface area contributed by atoms with Crippen LogP contribution in [0.2, 0.25) is 0 Å². The number of hydrogen-bond donors (Lipinski definition) is 0. The first-order valence-electron chi connectivity index (χ1n) is 12.0. The maximum absolute atomic E-state index is 5.04. The first-order chi connectivity index (χ1) is 17.4. The molecule has 2 aliphatic carbocycles. The normalized spacial score (nSPS) is 13.5.